The van der Waals surface area contributed by atoms with Crippen molar-refractivity contribution in [3.63, 3.8) is 0 Å². The molecule has 1 aliphatic carbocycles. The average Bonchev–Trinajstić information content (AvgIpc) is 2.17. The normalized spacial score (nSPS) is 24.9. The molecule has 80 valence electrons. The van der Waals surface area contributed by atoms with E-state index < -0.39 is 5.54 Å². The Morgan fingerprint density at radius 3 is 2.73 bits per heavy atom. The van der Waals surface area contributed by atoms with Crippen LogP contribution in [-0.4, -0.2) is 17.5 Å². The SMILES string of the molecule is C=CC1(N=C(N)NC(=N)N)C=CC=CC1. The molecule has 1 unspecified atom stereocenters. The van der Waals surface area contributed by atoms with Crippen LogP contribution in [0.1, 0.15) is 6.42 Å². The third kappa shape index (κ3) is 2.98. The lowest BCUT2D eigenvalue weighted by atomic mass is 9.92. The number of guanidine groups is 2. The summed E-state index contributed by atoms with van der Waals surface area (Å²) < 4.78 is 0. The van der Waals surface area contributed by atoms with Crippen LogP contribution >= 0.6 is 0 Å². The van der Waals surface area contributed by atoms with Gasteiger partial charge in [0.1, 0.15) is 5.54 Å². The van der Waals surface area contributed by atoms with Gasteiger partial charge < -0.3 is 11.5 Å². The van der Waals surface area contributed by atoms with Crippen molar-refractivity contribution in [2.24, 2.45) is 16.5 Å². The van der Waals surface area contributed by atoms with E-state index in [1.165, 1.54) is 0 Å². The number of hydrogen-bond donors (Lipinski definition) is 4. The van der Waals surface area contributed by atoms with Gasteiger partial charge in [0.25, 0.3) is 0 Å². The second-order valence-electron chi connectivity index (χ2n) is 3.22. The van der Waals surface area contributed by atoms with Gasteiger partial charge in [-0.05, 0) is 6.42 Å². The van der Waals surface area contributed by atoms with Gasteiger partial charge in [-0.2, -0.15) is 0 Å². The van der Waals surface area contributed by atoms with Gasteiger partial charge in [-0.25, -0.2) is 4.99 Å². The fourth-order valence-electron chi connectivity index (χ4n) is 1.30. The number of aliphatic imine (C=N–C) groups is 1. The highest BCUT2D eigenvalue weighted by molar-refractivity contribution is 5.95. The zero-order valence-electron chi connectivity index (χ0n) is 8.40. The standard InChI is InChI=1S/C10H15N5/c1-2-10(6-4-3-5-7-10)15-9(13)14-8(11)12/h2-6H,1,7H2,(H6,11,12,13,14,15). The van der Waals surface area contributed by atoms with Gasteiger partial charge in [-0.15, -0.1) is 6.58 Å². The Bertz CT molecular complexity index is 353. The zero-order chi connectivity index (χ0) is 11.3. The maximum atomic E-state index is 7.01. The van der Waals surface area contributed by atoms with E-state index in [2.05, 4.69) is 16.9 Å². The third-order valence-corrected chi connectivity index (χ3v) is 2.02. The van der Waals surface area contributed by atoms with Crippen molar-refractivity contribution in [2.75, 3.05) is 0 Å². The van der Waals surface area contributed by atoms with Crippen molar-refractivity contribution in [3.8, 4) is 0 Å². The monoisotopic (exact) mass is 205 g/mol. The smallest absolute Gasteiger partial charge is 0.196 e. The molecule has 0 aromatic carbocycles. The summed E-state index contributed by atoms with van der Waals surface area (Å²) in [7, 11) is 0. The molecule has 0 bridgehead atoms. The lowest BCUT2D eigenvalue weighted by Gasteiger charge is -2.23. The van der Waals surface area contributed by atoms with E-state index in [1.54, 1.807) is 6.08 Å². The summed E-state index contributed by atoms with van der Waals surface area (Å²) >= 11 is 0. The van der Waals surface area contributed by atoms with E-state index >= 15 is 0 Å². The Labute approximate surface area is 88.8 Å². The van der Waals surface area contributed by atoms with Gasteiger partial charge in [-0.3, -0.25) is 10.7 Å². The van der Waals surface area contributed by atoms with Crippen LogP contribution in [0.5, 0.6) is 0 Å². The molecule has 5 heteroatoms. The minimum Gasteiger partial charge on any atom is -0.370 e. The van der Waals surface area contributed by atoms with E-state index in [0.717, 1.165) is 0 Å². The van der Waals surface area contributed by atoms with Crippen molar-refractivity contribution in [2.45, 2.75) is 12.0 Å². The Morgan fingerprint density at radius 1 is 1.53 bits per heavy atom. The van der Waals surface area contributed by atoms with E-state index in [-0.39, 0.29) is 11.9 Å². The van der Waals surface area contributed by atoms with Crippen LogP contribution in [-0.2, 0) is 0 Å². The van der Waals surface area contributed by atoms with Gasteiger partial charge in [0.15, 0.2) is 11.9 Å². The van der Waals surface area contributed by atoms with Crippen LogP contribution < -0.4 is 16.8 Å². The highest BCUT2D eigenvalue weighted by Gasteiger charge is 2.22. The summed E-state index contributed by atoms with van der Waals surface area (Å²) in [5.74, 6) is -0.117. The van der Waals surface area contributed by atoms with Crippen LogP contribution in [0.4, 0.5) is 0 Å². The molecule has 0 saturated heterocycles. The number of nitrogens with one attached hydrogen (secondary N) is 2. The summed E-state index contributed by atoms with van der Waals surface area (Å²) in [5, 5.41) is 9.44. The minimum atomic E-state index is -0.527. The summed E-state index contributed by atoms with van der Waals surface area (Å²) in [6.45, 7) is 3.73. The van der Waals surface area contributed by atoms with Crippen molar-refractivity contribution in [1.82, 2.24) is 5.32 Å². The van der Waals surface area contributed by atoms with Crippen LogP contribution in [0, 0.1) is 5.41 Å². The van der Waals surface area contributed by atoms with Crippen LogP contribution in [0.15, 0.2) is 42.0 Å². The molecule has 1 rings (SSSR count). The molecule has 0 heterocycles. The average molecular weight is 205 g/mol. The Morgan fingerprint density at radius 2 is 2.27 bits per heavy atom. The number of rotatable bonds is 2. The summed E-state index contributed by atoms with van der Waals surface area (Å²) in [4.78, 5) is 4.23. The molecule has 0 aromatic rings. The van der Waals surface area contributed by atoms with Gasteiger partial charge in [0, 0.05) is 0 Å². The topological polar surface area (TPSA) is 100 Å². The molecule has 0 saturated carbocycles. The molecule has 0 amide bonds. The second kappa shape index (κ2) is 4.45. The number of nitrogens with two attached hydrogens (primary N) is 2. The summed E-state index contributed by atoms with van der Waals surface area (Å²) in [5.41, 5.74) is 10.2. The lowest BCUT2D eigenvalue weighted by Crippen LogP contribution is -2.42. The lowest BCUT2D eigenvalue weighted by molar-refractivity contribution is 0.660. The summed E-state index contributed by atoms with van der Waals surface area (Å²) in [6, 6.07) is 0. The Hall–Kier alpha value is -2.04. The van der Waals surface area contributed by atoms with Crippen molar-refractivity contribution in [1.29, 1.82) is 5.41 Å². The first-order valence-electron chi connectivity index (χ1n) is 4.52. The molecular formula is C10H15N5. The van der Waals surface area contributed by atoms with Crippen LogP contribution in [0.2, 0.25) is 0 Å². The number of nitrogens with zero attached hydrogens (tertiary/aromatic N) is 1. The van der Waals surface area contributed by atoms with Gasteiger partial charge in [-0.1, -0.05) is 30.4 Å². The van der Waals surface area contributed by atoms with Gasteiger partial charge >= 0.3 is 0 Å². The Balaban J connectivity index is 2.84. The molecule has 0 aliphatic heterocycles. The molecule has 0 spiro atoms. The number of allylic oxidation sites excluding steroid dienone is 2. The van der Waals surface area contributed by atoms with E-state index in [0.29, 0.717) is 6.42 Å². The minimum absolute atomic E-state index is 0.113. The van der Waals surface area contributed by atoms with Gasteiger partial charge in [0.05, 0.1) is 0 Å². The molecule has 15 heavy (non-hydrogen) atoms. The molecule has 6 N–H and O–H groups in total. The highest BCUT2D eigenvalue weighted by atomic mass is 15.2. The van der Waals surface area contributed by atoms with Crippen molar-refractivity contribution in [3.05, 3.63) is 37.0 Å². The highest BCUT2D eigenvalue weighted by Crippen LogP contribution is 2.23. The maximum Gasteiger partial charge on any atom is 0.196 e. The first-order chi connectivity index (χ1) is 7.08. The fourth-order valence-corrected chi connectivity index (χ4v) is 1.30. The molecular weight excluding hydrogens is 190 g/mol. The number of hydrogen-bond acceptors (Lipinski definition) is 2. The van der Waals surface area contributed by atoms with E-state index in [9.17, 15) is 0 Å². The van der Waals surface area contributed by atoms with Crippen LogP contribution in [0.25, 0.3) is 0 Å². The quantitative estimate of drug-likeness (QED) is 0.295. The maximum absolute atomic E-state index is 7.01. The first-order valence-corrected chi connectivity index (χ1v) is 4.52. The first kappa shape index (κ1) is 11.0. The summed E-state index contributed by atoms with van der Waals surface area (Å²) in [6.07, 6.45) is 10.1. The molecule has 0 fully saturated rings. The fraction of sp³-hybridized carbons (Fsp3) is 0.200. The van der Waals surface area contributed by atoms with Crippen molar-refractivity contribution < 1.29 is 0 Å². The molecule has 0 aromatic heterocycles. The van der Waals surface area contributed by atoms with E-state index in [1.807, 2.05) is 24.3 Å². The Kier molecular flexibility index (Phi) is 3.28. The zero-order valence-corrected chi connectivity index (χ0v) is 8.40. The predicted octanol–water partition coefficient (Wildman–Crippen LogP) is 0.225. The van der Waals surface area contributed by atoms with E-state index in [4.69, 9.17) is 16.9 Å². The van der Waals surface area contributed by atoms with Crippen LogP contribution in [0.3, 0.4) is 0 Å². The third-order valence-electron chi connectivity index (χ3n) is 2.02. The molecule has 0 radical (unpaired) electrons. The molecule has 1 atom stereocenters. The second-order valence-corrected chi connectivity index (χ2v) is 3.22. The largest absolute Gasteiger partial charge is 0.370 e. The molecule has 5 nitrogen and oxygen atoms in total. The van der Waals surface area contributed by atoms with Crippen molar-refractivity contribution >= 4 is 11.9 Å². The molecule has 1 aliphatic rings. The predicted molar refractivity (Wildman–Crippen MR) is 62.5 cm³/mol. The van der Waals surface area contributed by atoms with Gasteiger partial charge in [0.2, 0.25) is 0 Å².